The van der Waals surface area contributed by atoms with Crippen molar-refractivity contribution in [2.24, 2.45) is 0 Å². The molecule has 1 heterocycles. The van der Waals surface area contributed by atoms with E-state index in [1.54, 1.807) is 36.4 Å². The standard InChI is InChI=1S/C22H21FN4OS/c1-22(2,3)27-29(28)20-7-5-4-6-15(20)14-8-9-16(18(23)12-14)17-10-11-21(25)26-19(17)13-24/h4-12,27H,1-3H3,(H2,25,26). The van der Waals surface area contributed by atoms with Gasteiger partial charge in [0.05, 0.1) is 16.9 Å². The van der Waals surface area contributed by atoms with Gasteiger partial charge in [-0.1, -0.05) is 24.3 Å². The van der Waals surface area contributed by atoms with Crippen LogP contribution in [0.3, 0.4) is 0 Å². The Kier molecular flexibility index (Phi) is 5.89. The molecule has 0 aliphatic rings. The van der Waals surface area contributed by atoms with E-state index < -0.39 is 17.2 Å². The number of aromatic nitrogens is 1. The van der Waals surface area contributed by atoms with Crippen LogP contribution < -0.4 is 10.5 Å². The Labute approximate surface area is 172 Å². The molecule has 3 rings (SSSR count). The number of pyridine rings is 1. The van der Waals surface area contributed by atoms with Gasteiger partial charge in [-0.25, -0.2) is 9.37 Å². The SMILES string of the molecule is CC(C)(C)N[S+]([O-])c1ccccc1-c1ccc(-c2ccc(N)nc2C#N)c(F)c1. The summed E-state index contributed by atoms with van der Waals surface area (Å²) in [6.45, 7) is 5.78. The van der Waals surface area contributed by atoms with E-state index in [9.17, 15) is 14.2 Å². The van der Waals surface area contributed by atoms with Gasteiger partial charge in [-0.05, 0) is 56.7 Å². The first-order valence-electron chi connectivity index (χ1n) is 8.95. The highest BCUT2D eigenvalue weighted by Crippen LogP contribution is 2.33. The molecule has 1 atom stereocenters. The van der Waals surface area contributed by atoms with Crippen LogP contribution in [0.2, 0.25) is 0 Å². The maximum Gasteiger partial charge on any atom is 0.181 e. The van der Waals surface area contributed by atoms with Gasteiger partial charge in [0.1, 0.15) is 17.7 Å². The van der Waals surface area contributed by atoms with Gasteiger partial charge < -0.3 is 10.3 Å². The van der Waals surface area contributed by atoms with Gasteiger partial charge >= 0.3 is 0 Å². The minimum absolute atomic E-state index is 0.0625. The number of nitrogens with zero attached hydrogens (tertiary/aromatic N) is 2. The summed E-state index contributed by atoms with van der Waals surface area (Å²) in [5.74, 6) is -0.306. The zero-order valence-electron chi connectivity index (χ0n) is 16.4. The van der Waals surface area contributed by atoms with Gasteiger partial charge in [0.2, 0.25) is 0 Å². The molecule has 0 aliphatic carbocycles. The van der Waals surface area contributed by atoms with Crippen LogP contribution in [0.25, 0.3) is 22.3 Å². The van der Waals surface area contributed by atoms with Crippen molar-refractivity contribution in [1.82, 2.24) is 9.71 Å². The molecule has 0 saturated carbocycles. The van der Waals surface area contributed by atoms with Crippen molar-refractivity contribution in [3.8, 4) is 28.3 Å². The van der Waals surface area contributed by atoms with Gasteiger partial charge in [-0.2, -0.15) is 5.26 Å². The van der Waals surface area contributed by atoms with Crippen LogP contribution in [0, 0.1) is 17.1 Å². The Morgan fingerprint density at radius 3 is 2.41 bits per heavy atom. The monoisotopic (exact) mass is 408 g/mol. The lowest BCUT2D eigenvalue weighted by molar-refractivity contribution is 0.491. The summed E-state index contributed by atoms with van der Waals surface area (Å²) in [6.07, 6.45) is 0. The largest absolute Gasteiger partial charge is 0.593 e. The molecular weight excluding hydrogens is 387 g/mol. The fourth-order valence-corrected chi connectivity index (χ4v) is 4.13. The zero-order valence-corrected chi connectivity index (χ0v) is 17.2. The third-order valence-electron chi connectivity index (χ3n) is 4.08. The van der Waals surface area contributed by atoms with Gasteiger partial charge in [0, 0.05) is 16.7 Å². The van der Waals surface area contributed by atoms with Crippen molar-refractivity contribution < 1.29 is 8.94 Å². The molecule has 2 aromatic carbocycles. The number of nitrogens with one attached hydrogen (secondary N) is 1. The van der Waals surface area contributed by atoms with E-state index in [1.807, 2.05) is 32.9 Å². The summed E-state index contributed by atoms with van der Waals surface area (Å²) in [5, 5.41) is 9.29. The first kappa shape index (κ1) is 20.8. The summed E-state index contributed by atoms with van der Waals surface area (Å²) in [7, 11) is 0. The number of nitrogens with two attached hydrogens (primary N) is 1. The minimum atomic E-state index is -1.46. The molecule has 0 saturated heterocycles. The molecule has 29 heavy (non-hydrogen) atoms. The smallest absolute Gasteiger partial charge is 0.181 e. The molecule has 0 aliphatic heterocycles. The molecule has 1 unspecified atom stereocenters. The van der Waals surface area contributed by atoms with E-state index in [2.05, 4.69) is 9.71 Å². The number of hydrogen-bond acceptors (Lipinski definition) is 5. The Morgan fingerprint density at radius 1 is 1.07 bits per heavy atom. The predicted octanol–water partition coefficient (Wildman–Crippen LogP) is 4.42. The highest BCUT2D eigenvalue weighted by Gasteiger charge is 2.24. The average molecular weight is 409 g/mol. The second-order valence-corrected chi connectivity index (χ2v) is 8.74. The fraction of sp³-hybridized carbons (Fsp3) is 0.182. The lowest BCUT2D eigenvalue weighted by Crippen LogP contribution is -2.40. The highest BCUT2D eigenvalue weighted by atomic mass is 32.2. The third-order valence-corrected chi connectivity index (χ3v) is 5.63. The minimum Gasteiger partial charge on any atom is -0.593 e. The van der Waals surface area contributed by atoms with E-state index in [0.29, 0.717) is 21.6 Å². The molecule has 0 bridgehead atoms. The molecular formula is C22H21FN4OS. The van der Waals surface area contributed by atoms with Crippen molar-refractivity contribution in [3.63, 3.8) is 0 Å². The van der Waals surface area contributed by atoms with Crippen LogP contribution >= 0.6 is 0 Å². The summed E-state index contributed by atoms with van der Waals surface area (Å²) in [4.78, 5) is 4.53. The number of hydrogen-bond donors (Lipinski definition) is 2. The van der Waals surface area contributed by atoms with Crippen LogP contribution in [-0.4, -0.2) is 15.1 Å². The Bertz CT molecular complexity index is 1090. The van der Waals surface area contributed by atoms with Gasteiger partial charge in [-0.3, -0.25) is 0 Å². The summed E-state index contributed by atoms with van der Waals surface area (Å²) < 4.78 is 30.8. The lowest BCUT2D eigenvalue weighted by atomic mass is 9.99. The van der Waals surface area contributed by atoms with Crippen LogP contribution in [0.15, 0.2) is 59.5 Å². The quantitative estimate of drug-likeness (QED) is 0.623. The van der Waals surface area contributed by atoms with E-state index >= 15 is 0 Å². The van der Waals surface area contributed by atoms with Crippen molar-refractivity contribution in [2.75, 3.05) is 5.73 Å². The van der Waals surface area contributed by atoms with Crippen molar-refractivity contribution >= 4 is 17.2 Å². The Balaban J connectivity index is 2.04. The number of nitrogen functional groups attached to an aromatic ring is 1. The number of nitriles is 1. The summed E-state index contributed by atoms with van der Waals surface area (Å²) in [6, 6.07) is 16.9. The van der Waals surface area contributed by atoms with Gasteiger partial charge in [0.25, 0.3) is 0 Å². The number of rotatable bonds is 4. The first-order valence-corrected chi connectivity index (χ1v) is 10.1. The summed E-state index contributed by atoms with van der Waals surface area (Å²) in [5.41, 5.74) is 7.22. The average Bonchev–Trinajstić information content (AvgIpc) is 2.67. The third kappa shape index (κ3) is 4.74. The molecule has 5 nitrogen and oxygen atoms in total. The molecule has 1 aromatic heterocycles. The fourth-order valence-electron chi connectivity index (χ4n) is 2.88. The maximum absolute atomic E-state index is 15.0. The molecule has 148 valence electrons. The second kappa shape index (κ2) is 8.21. The molecule has 3 aromatic rings. The molecule has 0 amide bonds. The highest BCUT2D eigenvalue weighted by molar-refractivity contribution is 7.89. The maximum atomic E-state index is 15.0. The Hall–Kier alpha value is -2.92. The zero-order chi connectivity index (χ0) is 21.2. The van der Waals surface area contributed by atoms with E-state index in [0.717, 1.165) is 0 Å². The van der Waals surface area contributed by atoms with Crippen LogP contribution in [0.4, 0.5) is 10.2 Å². The lowest BCUT2D eigenvalue weighted by Gasteiger charge is -2.23. The van der Waals surface area contributed by atoms with Crippen molar-refractivity contribution in [1.29, 1.82) is 5.26 Å². The molecule has 7 heteroatoms. The first-order chi connectivity index (χ1) is 13.7. The molecule has 0 spiro atoms. The van der Waals surface area contributed by atoms with Crippen LogP contribution in [0.1, 0.15) is 26.5 Å². The number of benzene rings is 2. The van der Waals surface area contributed by atoms with E-state index in [1.165, 1.54) is 12.1 Å². The second-order valence-electron chi connectivity index (χ2n) is 7.56. The summed E-state index contributed by atoms with van der Waals surface area (Å²) >= 11 is -1.46. The van der Waals surface area contributed by atoms with Crippen LogP contribution in [0.5, 0.6) is 0 Å². The van der Waals surface area contributed by atoms with Crippen LogP contribution in [-0.2, 0) is 11.4 Å². The molecule has 3 N–H and O–H groups in total. The molecule has 0 fully saturated rings. The van der Waals surface area contributed by atoms with Crippen molar-refractivity contribution in [2.45, 2.75) is 31.2 Å². The van der Waals surface area contributed by atoms with Gasteiger partial charge in [0.15, 0.2) is 10.6 Å². The molecule has 0 radical (unpaired) electrons. The normalized spacial score (nSPS) is 12.4. The Morgan fingerprint density at radius 2 is 1.76 bits per heavy atom. The van der Waals surface area contributed by atoms with Gasteiger partial charge in [-0.15, -0.1) is 4.72 Å². The van der Waals surface area contributed by atoms with E-state index in [-0.39, 0.29) is 22.6 Å². The van der Waals surface area contributed by atoms with Crippen molar-refractivity contribution in [3.05, 3.63) is 66.1 Å². The predicted molar refractivity (Wildman–Crippen MR) is 113 cm³/mol. The number of anilines is 1. The number of halogens is 1. The topological polar surface area (TPSA) is 97.8 Å². The van der Waals surface area contributed by atoms with E-state index in [4.69, 9.17) is 5.73 Å².